The third kappa shape index (κ3) is 3.97. The van der Waals surface area contributed by atoms with Crippen LogP contribution in [0.4, 0.5) is 5.82 Å². The first kappa shape index (κ1) is 17.4. The third-order valence-electron chi connectivity index (χ3n) is 3.86. The van der Waals surface area contributed by atoms with Gasteiger partial charge in [0.1, 0.15) is 16.5 Å². The summed E-state index contributed by atoms with van der Waals surface area (Å²) in [6, 6.07) is 7.86. The zero-order chi connectivity index (χ0) is 18.0. The van der Waals surface area contributed by atoms with E-state index in [1.54, 1.807) is 12.3 Å². The normalized spacial score (nSPS) is 14.2. The monoisotopic (exact) mass is 361 g/mol. The number of sulfonamides is 1. The number of anilines is 1. The van der Waals surface area contributed by atoms with Crippen LogP contribution >= 0.6 is 0 Å². The fourth-order valence-electron chi connectivity index (χ4n) is 2.31. The number of carbonyl (C=O) groups excluding carboxylic acids is 1. The van der Waals surface area contributed by atoms with E-state index in [4.69, 9.17) is 4.74 Å². The second-order valence-electron chi connectivity index (χ2n) is 5.88. The van der Waals surface area contributed by atoms with Crippen molar-refractivity contribution in [2.45, 2.75) is 30.7 Å². The van der Waals surface area contributed by atoms with Crippen LogP contribution in [0.15, 0.2) is 41.4 Å². The Kier molecular flexibility index (Phi) is 4.73. The Morgan fingerprint density at radius 3 is 2.68 bits per heavy atom. The molecule has 2 N–H and O–H groups in total. The van der Waals surface area contributed by atoms with Gasteiger partial charge in [-0.25, -0.2) is 18.1 Å². The van der Waals surface area contributed by atoms with Gasteiger partial charge in [-0.15, -0.1) is 0 Å². The summed E-state index contributed by atoms with van der Waals surface area (Å²) in [4.78, 5) is 16.5. The van der Waals surface area contributed by atoms with Crippen molar-refractivity contribution in [2.24, 2.45) is 0 Å². The number of aromatic nitrogens is 1. The van der Waals surface area contributed by atoms with Gasteiger partial charge in [0.2, 0.25) is 10.0 Å². The molecule has 1 aliphatic carbocycles. The lowest BCUT2D eigenvalue weighted by molar-refractivity contribution is 0.102. The molecular formula is C17H19N3O4S. The number of benzene rings is 1. The van der Waals surface area contributed by atoms with Crippen molar-refractivity contribution in [2.75, 3.05) is 12.4 Å². The van der Waals surface area contributed by atoms with Crippen LogP contribution in [-0.4, -0.2) is 32.5 Å². The molecule has 1 heterocycles. The molecule has 8 heteroatoms. The molecule has 1 aliphatic rings. The van der Waals surface area contributed by atoms with Crippen molar-refractivity contribution in [3.05, 3.63) is 47.7 Å². The second-order valence-corrected chi connectivity index (χ2v) is 7.57. The Labute approximate surface area is 146 Å². The summed E-state index contributed by atoms with van der Waals surface area (Å²) >= 11 is 0. The summed E-state index contributed by atoms with van der Waals surface area (Å²) in [5.74, 6) is 0.190. The molecule has 0 aliphatic heterocycles. The summed E-state index contributed by atoms with van der Waals surface area (Å²) in [6.07, 6.45) is 3.22. The van der Waals surface area contributed by atoms with Gasteiger partial charge in [0, 0.05) is 17.8 Å². The van der Waals surface area contributed by atoms with Crippen molar-refractivity contribution in [1.82, 2.24) is 9.71 Å². The minimum Gasteiger partial charge on any atom is -0.495 e. The molecule has 2 aromatic rings. The molecule has 0 atom stereocenters. The van der Waals surface area contributed by atoms with Crippen molar-refractivity contribution >= 4 is 21.7 Å². The van der Waals surface area contributed by atoms with Crippen molar-refractivity contribution < 1.29 is 17.9 Å². The van der Waals surface area contributed by atoms with Crippen LogP contribution in [0.1, 0.15) is 28.8 Å². The quantitative estimate of drug-likeness (QED) is 0.821. The van der Waals surface area contributed by atoms with Crippen LogP contribution < -0.4 is 14.8 Å². The molecule has 0 spiro atoms. The fourth-order valence-corrected chi connectivity index (χ4v) is 3.81. The van der Waals surface area contributed by atoms with Gasteiger partial charge < -0.3 is 10.1 Å². The molecule has 3 rings (SSSR count). The van der Waals surface area contributed by atoms with Gasteiger partial charge in [0.15, 0.2) is 0 Å². The molecule has 0 unspecified atom stereocenters. The van der Waals surface area contributed by atoms with Gasteiger partial charge in [-0.3, -0.25) is 4.79 Å². The Morgan fingerprint density at radius 1 is 1.28 bits per heavy atom. The zero-order valence-electron chi connectivity index (χ0n) is 13.9. The molecule has 1 amide bonds. The highest BCUT2D eigenvalue weighted by atomic mass is 32.2. The standard InChI is InChI=1S/C17H19N3O4S/c1-11-4-3-9-18-16(11)19-17(21)12-5-8-14(24-2)15(10-12)25(22,23)20-13-6-7-13/h3-5,8-10,13,20H,6-7H2,1-2H3,(H,18,19,21). The van der Waals surface area contributed by atoms with Crippen molar-refractivity contribution in [1.29, 1.82) is 0 Å². The van der Waals surface area contributed by atoms with Gasteiger partial charge in [-0.1, -0.05) is 6.07 Å². The Balaban J connectivity index is 1.90. The minimum absolute atomic E-state index is 0.0386. The number of pyridine rings is 1. The van der Waals surface area contributed by atoms with Gasteiger partial charge >= 0.3 is 0 Å². The Hall–Kier alpha value is -2.45. The molecule has 1 aromatic carbocycles. The third-order valence-corrected chi connectivity index (χ3v) is 5.40. The lowest BCUT2D eigenvalue weighted by Crippen LogP contribution is -2.26. The minimum atomic E-state index is -3.75. The van der Waals surface area contributed by atoms with Crippen LogP contribution in [0, 0.1) is 6.92 Å². The smallest absolute Gasteiger partial charge is 0.256 e. The SMILES string of the molecule is COc1ccc(C(=O)Nc2ncccc2C)cc1S(=O)(=O)NC1CC1. The highest BCUT2D eigenvalue weighted by Gasteiger charge is 2.30. The lowest BCUT2D eigenvalue weighted by atomic mass is 10.2. The molecule has 132 valence electrons. The summed E-state index contributed by atoms with van der Waals surface area (Å²) in [5, 5.41) is 2.69. The van der Waals surface area contributed by atoms with E-state index in [0.717, 1.165) is 18.4 Å². The maximum absolute atomic E-state index is 12.5. The number of amides is 1. The van der Waals surface area contributed by atoms with Gasteiger partial charge in [-0.05, 0) is 49.6 Å². The van der Waals surface area contributed by atoms with E-state index in [-0.39, 0.29) is 22.3 Å². The first-order valence-electron chi connectivity index (χ1n) is 7.84. The maximum atomic E-state index is 12.5. The van der Waals surface area contributed by atoms with Gasteiger partial charge in [-0.2, -0.15) is 0 Å². The Bertz CT molecular complexity index is 908. The molecular weight excluding hydrogens is 342 g/mol. The molecule has 1 fully saturated rings. The molecule has 0 bridgehead atoms. The zero-order valence-corrected chi connectivity index (χ0v) is 14.8. The molecule has 25 heavy (non-hydrogen) atoms. The first-order chi connectivity index (χ1) is 11.9. The molecule has 0 radical (unpaired) electrons. The lowest BCUT2D eigenvalue weighted by Gasteiger charge is -2.12. The average molecular weight is 361 g/mol. The highest BCUT2D eigenvalue weighted by molar-refractivity contribution is 7.89. The first-order valence-corrected chi connectivity index (χ1v) is 9.32. The molecule has 7 nitrogen and oxygen atoms in total. The summed E-state index contributed by atoms with van der Waals surface area (Å²) < 4.78 is 32.8. The van der Waals surface area contributed by atoms with Gasteiger partial charge in [0.25, 0.3) is 5.91 Å². The average Bonchev–Trinajstić information content (AvgIpc) is 3.39. The summed E-state index contributed by atoms with van der Waals surface area (Å²) in [5.41, 5.74) is 1.02. The van der Waals surface area contributed by atoms with Crippen LogP contribution in [0.25, 0.3) is 0 Å². The largest absolute Gasteiger partial charge is 0.495 e. The number of carbonyl (C=O) groups is 1. The van der Waals surface area contributed by atoms with E-state index in [9.17, 15) is 13.2 Å². The highest BCUT2D eigenvalue weighted by Crippen LogP contribution is 2.28. The molecule has 1 aromatic heterocycles. The maximum Gasteiger partial charge on any atom is 0.256 e. The number of ether oxygens (including phenoxy) is 1. The Morgan fingerprint density at radius 2 is 2.04 bits per heavy atom. The van der Waals surface area contributed by atoms with E-state index in [0.29, 0.717) is 5.82 Å². The predicted octanol–water partition coefficient (Wildman–Crippen LogP) is 2.09. The van der Waals surface area contributed by atoms with E-state index in [1.807, 2.05) is 13.0 Å². The van der Waals surface area contributed by atoms with Crippen LogP contribution in [0.5, 0.6) is 5.75 Å². The number of aryl methyl sites for hydroxylation is 1. The summed E-state index contributed by atoms with van der Waals surface area (Å²) in [7, 11) is -2.36. The number of methoxy groups -OCH3 is 1. The number of nitrogens with one attached hydrogen (secondary N) is 2. The van der Waals surface area contributed by atoms with Crippen LogP contribution in [-0.2, 0) is 10.0 Å². The number of nitrogens with zero attached hydrogens (tertiary/aromatic N) is 1. The molecule has 0 saturated heterocycles. The number of rotatable bonds is 6. The number of hydrogen-bond acceptors (Lipinski definition) is 5. The topological polar surface area (TPSA) is 97.4 Å². The summed E-state index contributed by atoms with van der Waals surface area (Å²) in [6.45, 7) is 1.83. The van der Waals surface area contributed by atoms with Crippen LogP contribution in [0.2, 0.25) is 0 Å². The van der Waals surface area contributed by atoms with E-state index >= 15 is 0 Å². The fraction of sp³-hybridized carbons (Fsp3) is 0.294. The van der Waals surface area contributed by atoms with Crippen molar-refractivity contribution in [3.8, 4) is 5.75 Å². The van der Waals surface area contributed by atoms with E-state index < -0.39 is 15.9 Å². The van der Waals surface area contributed by atoms with E-state index in [1.165, 1.54) is 25.3 Å². The predicted molar refractivity (Wildman–Crippen MR) is 93.3 cm³/mol. The number of hydrogen-bond donors (Lipinski definition) is 2. The second kappa shape index (κ2) is 6.81. The van der Waals surface area contributed by atoms with Gasteiger partial charge in [0.05, 0.1) is 7.11 Å². The van der Waals surface area contributed by atoms with Crippen LogP contribution in [0.3, 0.4) is 0 Å². The molecule has 1 saturated carbocycles. The van der Waals surface area contributed by atoms with Crippen molar-refractivity contribution in [3.63, 3.8) is 0 Å². The van der Waals surface area contributed by atoms with E-state index in [2.05, 4.69) is 15.0 Å².